The molecule has 92 valence electrons. The summed E-state index contributed by atoms with van der Waals surface area (Å²) in [6.45, 7) is 2.29. The van der Waals surface area contributed by atoms with E-state index in [9.17, 15) is 14.9 Å². The van der Waals surface area contributed by atoms with Crippen molar-refractivity contribution in [2.75, 3.05) is 19.3 Å². The minimum atomic E-state index is -0.663. The molecular formula is C10H12ClN3O3. The topological polar surface area (TPSA) is 89.5 Å². The van der Waals surface area contributed by atoms with Gasteiger partial charge in [0.05, 0.1) is 9.95 Å². The molecule has 17 heavy (non-hydrogen) atoms. The van der Waals surface area contributed by atoms with E-state index in [1.54, 1.807) is 14.0 Å². The number of hydrogen-bond acceptors (Lipinski definition) is 4. The molecule has 0 bridgehead atoms. The number of benzene rings is 1. The number of rotatable bonds is 3. The number of nitrogens with two attached hydrogens (primary N) is 1. The third kappa shape index (κ3) is 2.65. The van der Waals surface area contributed by atoms with Crippen molar-refractivity contribution in [2.24, 2.45) is 0 Å². The van der Waals surface area contributed by atoms with Crippen molar-refractivity contribution in [1.82, 2.24) is 4.90 Å². The highest BCUT2D eigenvalue weighted by atomic mass is 35.5. The van der Waals surface area contributed by atoms with Gasteiger partial charge in [0.1, 0.15) is 5.69 Å². The van der Waals surface area contributed by atoms with Gasteiger partial charge >= 0.3 is 0 Å². The van der Waals surface area contributed by atoms with Gasteiger partial charge in [-0.1, -0.05) is 11.6 Å². The van der Waals surface area contributed by atoms with Crippen LogP contribution in [0.25, 0.3) is 0 Å². The second kappa shape index (κ2) is 5.01. The van der Waals surface area contributed by atoms with Crippen LogP contribution in [0.3, 0.4) is 0 Å². The Kier molecular flexibility index (Phi) is 3.90. The first-order valence-corrected chi connectivity index (χ1v) is 5.25. The summed E-state index contributed by atoms with van der Waals surface area (Å²) in [7, 11) is 1.60. The van der Waals surface area contributed by atoms with E-state index in [2.05, 4.69) is 0 Å². The molecule has 1 amide bonds. The number of nitrogen functional groups attached to an aromatic ring is 1. The van der Waals surface area contributed by atoms with Crippen LogP contribution in [0.5, 0.6) is 0 Å². The standard InChI is InChI=1S/C10H12ClN3O3/c1-3-13(2)10(15)6-4-7(11)9(12)8(5-6)14(16)17/h4-5H,3,12H2,1-2H3. The van der Waals surface area contributed by atoms with E-state index in [0.717, 1.165) is 6.07 Å². The first-order valence-electron chi connectivity index (χ1n) is 4.87. The minimum Gasteiger partial charge on any atom is -0.392 e. The van der Waals surface area contributed by atoms with Gasteiger partial charge < -0.3 is 10.6 Å². The lowest BCUT2D eigenvalue weighted by atomic mass is 10.1. The predicted molar refractivity (Wildman–Crippen MR) is 65.2 cm³/mol. The molecule has 2 N–H and O–H groups in total. The fourth-order valence-corrected chi connectivity index (χ4v) is 1.46. The molecule has 0 aliphatic rings. The number of halogens is 1. The van der Waals surface area contributed by atoms with Gasteiger partial charge in [0, 0.05) is 25.2 Å². The summed E-state index contributed by atoms with van der Waals surface area (Å²) in [6.07, 6.45) is 0. The summed E-state index contributed by atoms with van der Waals surface area (Å²) in [6, 6.07) is 2.47. The van der Waals surface area contributed by atoms with Crippen molar-refractivity contribution in [3.8, 4) is 0 Å². The molecule has 0 aromatic heterocycles. The maximum absolute atomic E-state index is 11.8. The zero-order chi connectivity index (χ0) is 13.2. The average molecular weight is 258 g/mol. The summed E-state index contributed by atoms with van der Waals surface area (Å²) >= 11 is 5.75. The van der Waals surface area contributed by atoms with Gasteiger partial charge in [-0.3, -0.25) is 14.9 Å². The Bertz CT molecular complexity index is 476. The Balaban J connectivity index is 3.28. The highest BCUT2D eigenvalue weighted by Gasteiger charge is 2.20. The third-order valence-corrected chi connectivity index (χ3v) is 2.69. The second-order valence-electron chi connectivity index (χ2n) is 3.47. The van der Waals surface area contributed by atoms with Crippen LogP contribution in [0.4, 0.5) is 11.4 Å². The third-order valence-electron chi connectivity index (χ3n) is 2.37. The molecule has 0 saturated carbocycles. The van der Waals surface area contributed by atoms with Gasteiger partial charge in [-0.25, -0.2) is 0 Å². The quantitative estimate of drug-likeness (QED) is 0.509. The Morgan fingerprint density at radius 2 is 2.18 bits per heavy atom. The van der Waals surface area contributed by atoms with Gasteiger partial charge in [0.15, 0.2) is 0 Å². The molecule has 0 atom stereocenters. The highest BCUT2D eigenvalue weighted by Crippen LogP contribution is 2.31. The maximum Gasteiger partial charge on any atom is 0.294 e. The first kappa shape index (κ1) is 13.2. The van der Waals surface area contributed by atoms with Gasteiger partial charge in [-0.15, -0.1) is 0 Å². The zero-order valence-corrected chi connectivity index (χ0v) is 10.2. The van der Waals surface area contributed by atoms with E-state index >= 15 is 0 Å². The minimum absolute atomic E-state index is 0.00653. The van der Waals surface area contributed by atoms with Gasteiger partial charge in [0.2, 0.25) is 0 Å². The molecule has 0 spiro atoms. The van der Waals surface area contributed by atoms with Crippen molar-refractivity contribution < 1.29 is 9.72 Å². The summed E-state index contributed by atoms with van der Waals surface area (Å²) in [4.78, 5) is 23.3. The number of hydrogen-bond donors (Lipinski definition) is 1. The monoisotopic (exact) mass is 257 g/mol. The van der Waals surface area contributed by atoms with E-state index < -0.39 is 4.92 Å². The van der Waals surface area contributed by atoms with Crippen LogP contribution in [-0.4, -0.2) is 29.3 Å². The molecule has 0 radical (unpaired) electrons. The van der Waals surface area contributed by atoms with Crippen molar-refractivity contribution in [3.05, 3.63) is 32.8 Å². The summed E-state index contributed by atoms with van der Waals surface area (Å²) in [5.41, 5.74) is 5.13. The smallest absolute Gasteiger partial charge is 0.294 e. The van der Waals surface area contributed by atoms with E-state index in [0.29, 0.717) is 6.54 Å². The number of amides is 1. The molecular weight excluding hydrogens is 246 g/mol. The SMILES string of the molecule is CCN(C)C(=O)c1cc(Cl)c(N)c([N+](=O)[O-])c1. The van der Waals surface area contributed by atoms with Crippen molar-refractivity contribution in [1.29, 1.82) is 0 Å². The Morgan fingerprint density at radius 1 is 1.59 bits per heavy atom. The lowest BCUT2D eigenvalue weighted by molar-refractivity contribution is -0.383. The van der Waals surface area contributed by atoms with Crippen molar-refractivity contribution in [2.45, 2.75) is 6.92 Å². The number of carbonyl (C=O) groups is 1. The number of nitro groups is 1. The molecule has 0 unspecified atom stereocenters. The summed E-state index contributed by atoms with van der Waals surface area (Å²) in [5.74, 6) is -0.336. The Morgan fingerprint density at radius 3 is 2.65 bits per heavy atom. The lowest BCUT2D eigenvalue weighted by Gasteiger charge is -2.14. The van der Waals surface area contributed by atoms with Crippen LogP contribution < -0.4 is 5.73 Å². The fourth-order valence-electron chi connectivity index (χ4n) is 1.24. The van der Waals surface area contributed by atoms with Gasteiger partial charge in [-0.2, -0.15) is 0 Å². The lowest BCUT2D eigenvalue weighted by Crippen LogP contribution is -2.26. The molecule has 7 heteroatoms. The van der Waals surface area contributed by atoms with Crippen LogP contribution in [0.15, 0.2) is 12.1 Å². The molecule has 0 saturated heterocycles. The number of anilines is 1. The molecule has 0 aliphatic carbocycles. The second-order valence-corrected chi connectivity index (χ2v) is 3.87. The van der Waals surface area contributed by atoms with Crippen LogP contribution in [0.1, 0.15) is 17.3 Å². The Labute approximate surface area is 103 Å². The first-order chi connectivity index (χ1) is 7.88. The van der Waals surface area contributed by atoms with E-state index in [-0.39, 0.29) is 27.9 Å². The average Bonchev–Trinajstić information content (AvgIpc) is 2.30. The zero-order valence-electron chi connectivity index (χ0n) is 9.44. The van der Waals surface area contributed by atoms with Gasteiger partial charge in [0.25, 0.3) is 11.6 Å². The summed E-state index contributed by atoms with van der Waals surface area (Å²) < 4.78 is 0. The van der Waals surface area contributed by atoms with E-state index in [1.165, 1.54) is 11.0 Å². The molecule has 1 aromatic rings. The molecule has 0 heterocycles. The van der Waals surface area contributed by atoms with Crippen LogP contribution in [0.2, 0.25) is 5.02 Å². The van der Waals surface area contributed by atoms with Gasteiger partial charge in [-0.05, 0) is 13.0 Å². The largest absolute Gasteiger partial charge is 0.392 e. The van der Waals surface area contributed by atoms with Crippen molar-refractivity contribution >= 4 is 28.9 Å². The highest BCUT2D eigenvalue weighted by molar-refractivity contribution is 6.34. The van der Waals surface area contributed by atoms with Crippen LogP contribution in [-0.2, 0) is 0 Å². The normalized spacial score (nSPS) is 10.1. The number of nitrogens with zero attached hydrogens (tertiary/aromatic N) is 2. The number of carbonyl (C=O) groups excluding carboxylic acids is 1. The van der Waals surface area contributed by atoms with Crippen LogP contribution >= 0.6 is 11.6 Å². The fraction of sp³-hybridized carbons (Fsp3) is 0.300. The van der Waals surface area contributed by atoms with E-state index in [4.69, 9.17) is 17.3 Å². The molecule has 1 rings (SSSR count). The van der Waals surface area contributed by atoms with E-state index in [1.807, 2.05) is 0 Å². The molecule has 6 nitrogen and oxygen atoms in total. The van der Waals surface area contributed by atoms with Crippen LogP contribution in [0, 0.1) is 10.1 Å². The van der Waals surface area contributed by atoms with Crippen molar-refractivity contribution in [3.63, 3.8) is 0 Å². The molecule has 0 fully saturated rings. The molecule has 1 aromatic carbocycles. The predicted octanol–water partition coefficient (Wildman–Crippen LogP) is 1.92. The summed E-state index contributed by atoms with van der Waals surface area (Å²) in [5, 5.41) is 10.7. The number of nitro benzene ring substituents is 1. The Hall–Kier alpha value is -1.82. The molecule has 0 aliphatic heterocycles. The maximum atomic E-state index is 11.8.